The first kappa shape index (κ1) is 14.5. The van der Waals surface area contributed by atoms with E-state index in [0.717, 1.165) is 0 Å². The number of rotatable bonds is 7. The van der Waals surface area contributed by atoms with Crippen LogP contribution in [0.25, 0.3) is 0 Å². The lowest BCUT2D eigenvalue weighted by atomic mass is 10.1. The van der Waals surface area contributed by atoms with E-state index in [2.05, 4.69) is 20.6 Å². The van der Waals surface area contributed by atoms with Crippen LogP contribution in [0, 0.1) is 0 Å². The van der Waals surface area contributed by atoms with Crippen LogP contribution in [0.2, 0.25) is 0 Å². The maximum Gasteiger partial charge on any atom is 0.204 e. The largest absolute Gasteiger partial charge is 0.490 e. The van der Waals surface area contributed by atoms with Gasteiger partial charge in [-0.05, 0) is 20.8 Å². The zero-order valence-corrected chi connectivity index (χ0v) is 11.7. The van der Waals surface area contributed by atoms with Crippen molar-refractivity contribution >= 4 is 11.6 Å². The zero-order chi connectivity index (χ0) is 13.6. The fraction of sp³-hybridized carbons (Fsp3) is 0.667. The van der Waals surface area contributed by atoms with E-state index < -0.39 is 0 Å². The molecular weight excluding hydrogens is 232 g/mol. The van der Waals surface area contributed by atoms with Crippen molar-refractivity contribution < 1.29 is 9.47 Å². The second-order valence-corrected chi connectivity index (χ2v) is 4.40. The fourth-order valence-electron chi connectivity index (χ4n) is 1.61. The van der Waals surface area contributed by atoms with Crippen molar-refractivity contribution in [3.05, 3.63) is 6.33 Å². The van der Waals surface area contributed by atoms with Crippen molar-refractivity contribution in [1.29, 1.82) is 0 Å². The number of hydrogen-bond acceptors (Lipinski definition) is 6. The van der Waals surface area contributed by atoms with E-state index in [4.69, 9.17) is 9.47 Å². The standard InChI is InChI=1S/C12H22N4O2/c1-6-18-12(2,3)7-14-11-9(17-5)10(13-4)15-8-16-11/h8H,6-7H2,1-5H3,(H2,13,14,15,16). The molecule has 0 aliphatic carbocycles. The number of methoxy groups -OCH3 is 1. The van der Waals surface area contributed by atoms with Crippen LogP contribution < -0.4 is 15.4 Å². The SMILES string of the molecule is CCOC(C)(C)CNc1ncnc(NC)c1OC. The molecule has 18 heavy (non-hydrogen) atoms. The average Bonchev–Trinajstić information content (AvgIpc) is 2.35. The zero-order valence-electron chi connectivity index (χ0n) is 11.7. The molecule has 0 radical (unpaired) electrons. The van der Waals surface area contributed by atoms with Crippen LogP contribution in [0.5, 0.6) is 5.75 Å². The summed E-state index contributed by atoms with van der Waals surface area (Å²) in [6.45, 7) is 7.34. The minimum atomic E-state index is -0.259. The highest BCUT2D eigenvalue weighted by Crippen LogP contribution is 2.28. The van der Waals surface area contributed by atoms with Crippen LogP contribution in [0.1, 0.15) is 20.8 Å². The third-order valence-electron chi connectivity index (χ3n) is 2.46. The highest BCUT2D eigenvalue weighted by atomic mass is 16.5. The Morgan fingerprint density at radius 3 is 2.50 bits per heavy atom. The van der Waals surface area contributed by atoms with Crippen molar-refractivity contribution in [2.75, 3.05) is 37.9 Å². The normalized spacial score (nSPS) is 11.2. The van der Waals surface area contributed by atoms with Crippen molar-refractivity contribution in [2.24, 2.45) is 0 Å². The first-order valence-electron chi connectivity index (χ1n) is 5.98. The van der Waals surface area contributed by atoms with Crippen LogP contribution in [0.3, 0.4) is 0 Å². The molecule has 0 amide bonds. The Balaban J connectivity index is 2.78. The summed E-state index contributed by atoms with van der Waals surface area (Å²) in [5.74, 6) is 1.92. The van der Waals surface area contributed by atoms with Crippen molar-refractivity contribution in [3.63, 3.8) is 0 Å². The lowest BCUT2D eigenvalue weighted by Crippen LogP contribution is -2.33. The molecule has 0 aliphatic rings. The minimum Gasteiger partial charge on any atom is -0.490 e. The fourth-order valence-corrected chi connectivity index (χ4v) is 1.61. The van der Waals surface area contributed by atoms with Gasteiger partial charge in [0.2, 0.25) is 5.75 Å². The van der Waals surface area contributed by atoms with E-state index in [1.165, 1.54) is 6.33 Å². The van der Waals surface area contributed by atoms with Gasteiger partial charge in [0.1, 0.15) is 6.33 Å². The number of anilines is 2. The van der Waals surface area contributed by atoms with Gasteiger partial charge in [-0.1, -0.05) is 0 Å². The van der Waals surface area contributed by atoms with Gasteiger partial charge in [-0.15, -0.1) is 0 Å². The van der Waals surface area contributed by atoms with Crippen LogP contribution in [-0.2, 0) is 4.74 Å². The summed E-state index contributed by atoms with van der Waals surface area (Å²) in [5, 5.41) is 6.18. The predicted octanol–water partition coefficient (Wildman–Crippen LogP) is 1.75. The highest BCUT2D eigenvalue weighted by molar-refractivity contribution is 5.63. The summed E-state index contributed by atoms with van der Waals surface area (Å²) < 4.78 is 10.9. The van der Waals surface area contributed by atoms with Gasteiger partial charge >= 0.3 is 0 Å². The van der Waals surface area contributed by atoms with Crippen LogP contribution in [-0.4, -0.2) is 42.9 Å². The van der Waals surface area contributed by atoms with E-state index in [-0.39, 0.29) is 5.60 Å². The molecule has 1 aromatic heterocycles. The molecular formula is C12H22N4O2. The van der Waals surface area contributed by atoms with Gasteiger partial charge in [0.05, 0.1) is 12.7 Å². The number of nitrogens with zero attached hydrogens (tertiary/aromatic N) is 2. The molecule has 2 N–H and O–H groups in total. The third-order valence-corrected chi connectivity index (χ3v) is 2.46. The van der Waals surface area contributed by atoms with Gasteiger partial charge in [0.15, 0.2) is 11.6 Å². The lowest BCUT2D eigenvalue weighted by Gasteiger charge is -2.25. The average molecular weight is 254 g/mol. The van der Waals surface area contributed by atoms with Gasteiger partial charge in [-0.25, -0.2) is 9.97 Å². The van der Waals surface area contributed by atoms with Gasteiger partial charge in [-0.3, -0.25) is 0 Å². The maximum atomic E-state index is 5.62. The van der Waals surface area contributed by atoms with Gasteiger partial charge < -0.3 is 20.1 Å². The lowest BCUT2D eigenvalue weighted by molar-refractivity contribution is 0.000617. The van der Waals surface area contributed by atoms with Crippen LogP contribution in [0.4, 0.5) is 11.6 Å². The Hall–Kier alpha value is -1.56. The second-order valence-electron chi connectivity index (χ2n) is 4.40. The molecule has 0 aliphatic heterocycles. The summed E-state index contributed by atoms with van der Waals surface area (Å²) in [4.78, 5) is 8.27. The Morgan fingerprint density at radius 1 is 1.28 bits per heavy atom. The second kappa shape index (κ2) is 6.39. The quantitative estimate of drug-likeness (QED) is 0.772. The third kappa shape index (κ3) is 3.73. The molecule has 1 rings (SSSR count). The van der Waals surface area contributed by atoms with E-state index >= 15 is 0 Å². The molecule has 0 aromatic carbocycles. The molecule has 6 nitrogen and oxygen atoms in total. The molecule has 0 bridgehead atoms. The number of aromatic nitrogens is 2. The summed E-state index contributed by atoms with van der Waals surface area (Å²) >= 11 is 0. The first-order valence-corrected chi connectivity index (χ1v) is 5.98. The van der Waals surface area contributed by atoms with Gasteiger partial charge in [-0.2, -0.15) is 0 Å². The Morgan fingerprint density at radius 2 is 1.94 bits per heavy atom. The number of hydrogen-bond donors (Lipinski definition) is 2. The molecule has 0 unspecified atom stereocenters. The van der Waals surface area contributed by atoms with Gasteiger partial charge in [0, 0.05) is 20.2 Å². The van der Waals surface area contributed by atoms with E-state index in [0.29, 0.717) is 30.5 Å². The Bertz CT molecular complexity index is 382. The van der Waals surface area contributed by atoms with Crippen LogP contribution >= 0.6 is 0 Å². The van der Waals surface area contributed by atoms with Gasteiger partial charge in [0.25, 0.3) is 0 Å². The molecule has 0 saturated heterocycles. The predicted molar refractivity (Wildman–Crippen MR) is 72.3 cm³/mol. The molecule has 0 fully saturated rings. The summed E-state index contributed by atoms with van der Waals surface area (Å²) in [6, 6.07) is 0. The molecule has 0 spiro atoms. The topological polar surface area (TPSA) is 68.3 Å². The van der Waals surface area contributed by atoms with Crippen LogP contribution in [0.15, 0.2) is 6.33 Å². The molecule has 0 atom stereocenters. The van der Waals surface area contributed by atoms with E-state index in [9.17, 15) is 0 Å². The van der Waals surface area contributed by atoms with Crippen molar-refractivity contribution in [2.45, 2.75) is 26.4 Å². The summed E-state index contributed by atoms with van der Waals surface area (Å²) in [5.41, 5.74) is -0.259. The maximum absolute atomic E-state index is 5.62. The van der Waals surface area contributed by atoms with Crippen molar-refractivity contribution in [1.82, 2.24) is 9.97 Å². The van der Waals surface area contributed by atoms with E-state index in [1.54, 1.807) is 14.2 Å². The monoisotopic (exact) mass is 254 g/mol. The van der Waals surface area contributed by atoms with E-state index in [1.807, 2.05) is 20.8 Å². The Labute approximate surface area is 108 Å². The smallest absolute Gasteiger partial charge is 0.204 e. The highest BCUT2D eigenvalue weighted by Gasteiger charge is 2.19. The minimum absolute atomic E-state index is 0.259. The van der Waals surface area contributed by atoms with Crippen molar-refractivity contribution in [3.8, 4) is 5.75 Å². The number of ether oxygens (including phenoxy) is 2. The summed E-state index contributed by atoms with van der Waals surface area (Å²) in [6.07, 6.45) is 1.49. The summed E-state index contributed by atoms with van der Waals surface area (Å²) in [7, 11) is 3.39. The molecule has 1 heterocycles. The Kier molecular flexibility index (Phi) is 5.15. The number of nitrogens with one attached hydrogen (secondary N) is 2. The molecule has 1 aromatic rings. The molecule has 0 saturated carbocycles. The first-order chi connectivity index (χ1) is 8.54. The molecule has 6 heteroatoms. The molecule has 102 valence electrons.